The summed E-state index contributed by atoms with van der Waals surface area (Å²) in [6, 6.07) is 9.81. The van der Waals surface area contributed by atoms with Crippen LogP contribution in [0.1, 0.15) is 33.0 Å². The first-order valence-electron chi connectivity index (χ1n) is 7.22. The number of nitrogens with zero attached hydrogens (tertiary/aromatic N) is 4. The molecule has 6 heteroatoms. The molecule has 0 aliphatic rings. The summed E-state index contributed by atoms with van der Waals surface area (Å²) in [5, 5.41) is 15.2. The van der Waals surface area contributed by atoms with Gasteiger partial charge in [-0.2, -0.15) is 0 Å². The molecule has 0 aliphatic carbocycles. The van der Waals surface area contributed by atoms with Crippen molar-refractivity contribution in [2.24, 2.45) is 0 Å². The van der Waals surface area contributed by atoms with Gasteiger partial charge in [0.1, 0.15) is 5.75 Å². The molecule has 0 aliphatic heterocycles. The summed E-state index contributed by atoms with van der Waals surface area (Å²) in [5.41, 5.74) is 0.0488. The standard InChI is InChI=1S/C15H23N5O/c1-15(2,3)16-12-14-17-18-19-20(14)10-7-11-21-13-8-5-4-6-9-13/h4-6,8-9,16H,7,10-12H2,1-3H3. The molecule has 6 nitrogen and oxygen atoms in total. The summed E-state index contributed by atoms with van der Waals surface area (Å²) in [7, 11) is 0. The molecule has 0 amide bonds. The third kappa shape index (κ3) is 5.51. The number of benzene rings is 1. The van der Waals surface area contributed by atoms with Crippen molar-refractivity contribution in [1.29, 1.82) is 0 Å². The molecule has 1 aromatic heterocycles. The number of ether oxygens (including phenoxy) is 1. The quantitative estimate of drug-likeness (QED) is 0.790. The first kappa shape index (κ1) is 15.4. The van der Waals surface area contributed by atoms with Crippen LogP contribution >= 0.6 is 0 Å². The first-order valence-corrected chi connectivity index (χ1v) is 7.22. The van der Waals surface area contributed by atoms with Crippen LogP contribution in [0.2, 0.25) is 0 Å². The van der Waals surface area contributed by atoms with E-state index in [-0.39, 0.29) is 5.54 Å². The van der Waals surface area contributed by atoms with Gasteiger partial charge in [-0.3, -0.25) is 0 Å². The van der Waals surface area contributed by atoms with Crippen LogP contribution in [0.25, 0.3) is 0 Å². The van der Waals surface area contributed by atoms with Gasteiger partial charge in [-0.15, -0.1) is 5.10 Å². The van der Waals surface area contributed by atoms with E-state index in [1.54, 1.807) is 0 Å². The number of para-hydroxylation sites is 1. The number of rotatable bonds is 7. The van der Waals surface area contributed by atoms with Crippen LogP contribution in [0.5, 0.6) is 5.75 Å². The molecular weight excluding hydrogens is 266 g/mol. The molecule has 0 bridgehead atoms. The van der Waals surface area contributed by atoms with E-state index >= 15 is 0 Å². The first-order chi connectivity index (χ1) is 10.0. The topological polar surface area (TPSA) is 64.9 Å². The molecule has 0 saturated carbocycles. The number of hydrogen-bond donors (Lipinski definition) is 1. The molecule has 0 saturated heterocycles. The third-order valence-corrected chi connectivity index (χ3v) is 2.91. The van der Waals surface area contributed by atoms with Crippen molar-refractivity contribution in [1.82, 2.24) is 25.5 Å². The number of tetrazole rings is 1. The minimum atomic E-state index is 0.0488. The van der Waals surface area contributed by atoms with Gasteiger partial charge in [0, 0.05) is 18.5 Å². The normalized spacial score (nSPS) is 11.6. The Labute approximate surface area is 125 Å². The Morgan fingerprint density at radius 1 is 1.19 bits per heavy atom. The Morgan fingerprint density at radius 2 is 1.95 bits per heavy atom. The van der Waals surface area contributed by atoms with Crippen molar-refractivity contribution in [2.45, 2.75) is 45.8 Å². The maximum atomic E-state index is 5.66. The van der Waals surface area contributed by atoms with E-state index in [4.69, 9.17) is 4.74 Å². The fraction of sp³-hybridized carbons (Fsp3) is 0.533. The Kier molecular flexibility index (Phi) is 5.27. The van der Waals surface area contributed by atoms with Crippen LogP contribution in [0.15, 0.2) is 30.3 Å². The summed E-state index contributed by atoms with van der Waals surface area (Å²) >= 11 is 0. The van der Waals surface area contributed by atoms with Gasteiger partial charge >= 0.3 is 0 Å². The lowest BCUT2D eigenvalue weighted by molar-refractivity contribution is 0.295. The molecule has 2 aromatic rings. The van der Waals surface area contributed by atoms with Gasteiger partial charge in [0.2, 0.25) is 0 Å². The average molecular weight is 289 g/mol. The van der Waals surface area contributed by atoms with E-state index in [9.17, 15) is 0 Å². The van der Waals surface area contributed by atoms with Gasteiger partial charge in [-0.25, -0.2) is 4.68 Å². The van der Waals surface area contributed by atoms with Crippen molar-refractivity contribution in [3.05, 3.63) is 36.2 Å². The van der Waals surface area contributed by atoms with E-state index in [2.05, 4.69) is 41.6 Å². The molecule has 1 heterocycles. The zero-order valence-corrected chi connectivity index (χ0v) is 12.9. The minimum absolute atomic E-state index is 0.0488. The van der Waals surface area contributed by atoms with E-state index in [0.717, 1.165) is 24.5 Å². The summed E-state index contributed by atoms with van der Waals surface area (Å²) in [4.78, 5) is 0. The summed E-state index contributed by atoms with van der Waals surface area (Å²) in [5.74, 6) is 1.74. The van der Waals surface area contributed by atoms with Crippen molar-refractivity contribution < 1.29 is 4.74 Å². The number of aromatic nitrogens is 4. The van der Waals surface area contributed by atoms with Crippen LogP contribution in [0.4, 0.5) is 0 Å². The molecule has 0 spiro atoms. The maximum Gasteiger partial charge on any atom is 0.165 e. The predicted molar refractivity (Wildman–Crippen MR) is 81.0 cm³/mol. The average Bonchev–Trinajstić information content (AvgIpc) is 2.89. The lowest BCUT2D eigenvalue weighted by atomic mass is 10.1. The molecule has 1 aromatic carbocycles. The number of hydrogen-bond acceptors (Lipinski definition) is 5. The Morgan fingerprint density at radius 3 is 2.67 bits per heavy atom. The Bertz CT molecular complexity index is 532. The smallest absolute Gasteiger partial charge is 0.165 e. The fourth-order valence-corrected chi connectivity index (χ4v) is 1.79. The highest BCUT2D eigenvalue weighted by molar-refractivity contribution is 5.20. The molecule has 21 heavy (non-hydrogen) atoms. The van der Waals surface area contributed by atoms with Gasteiger partial charge in [0.15, 0.2) is 5.82 Å². The molecule has 0 radical (unpaired) electrons. The Balaban J connectivity index is 1.75. The highest BCUT2D eigenvalue weighted by Gasteiger charge is 2.12. The van der Waals surface area contributed by atoms with Crippen LogP contribution in [0.3, 0.4) is 0 Å². The summed E-state index contributed by atoms with van der Waals surface area (Å²) < 4.78 is 7.49. The van der Waals surface area contributed by atoms with Crippen molar-refractivity contribution >= 4 is 0 Å². The second kappa shape index (κ2) is 7.17. The van der Waals surface area contributed by atoms with Gasteiger partial charge < -0.3 is 10.1 Å². The van der Waals surface area contributed by atoms with Crippen molar-refractivity contribution in [2.75, 3.05) is 6.61 Å². The van der Waals surface area contributed by atoms with E-state index in [1.807, 2.05) is 35.0 Å². The highest BCUT2D eigenvalue weighted by atomic mass is 16.5. The zero-order valence-electron chi connectivity index (χ0n) is 12.9. The molecule has 0 fully saturated rings. The lowest BCUT2D eigenvalue weighted by Gasteiger charge is -2.19. The molecular formula is C15H23N5O. The van der Waals surface area contributed by atoms with Gasteiger partial charge in [-0.05, 0) is 43.3 Å². The van der Waals surface area contributed by atoms with E-state index < -0.39 is 0 Å². The maximum absolute atomic E-state index is 5.66. The summed E-state index contributed by atoms with van der Waals surface area (Å²) in [6.07, 6.45) is 0.864. The van der Waals surface area contributed by atoms with Crippen LogP contribution in [-0.4, -0.2) is 32.4 Å². The molecule has 1 N–H and O–H groups in total. The summed E-state index contributed by atoms with van der Waals surface area (Å²) in [6.45, 7) is 8.42. The number of nitrogens with one attached hydrogen (secondary N) is 1. The zero-order chi connectivity index (χ0) is 15.1. The fourth-order valence-electron chi connectivity index (χ4n) is 1.79. The monoisotopic (exact) mass is 289 g/mol. The van der Waals surface area contributed by atoms with Crippen molar-refractivity contribution in [3.8, 4) is 5.75 Å². The van der Waals surface area contributed by atoms with Gasteiger partial charge in [-0.1, -0.05) is 18.2 Å². The number of aryl methyl sites for hydroxylation is 1. The lowest BCUT2D eigenvalue weighted by Crippen LogP contribution is -2.36. The van der Waals surface area contributed by atoms with Crippen molar-refractivity contribution in [3.63, 3.8) is 0 Å². The molecule has 0 atom stereocenters. The second-order valence-electron chi connectivity index (χ2n) is 5.94. The molecule has 114 valence electrons. The third-order valence-electron chi connectivity index (χ3n) is 2.91. The van der Waals surface area contributed by atoms with E-state index in [1.165, 1.54) is 0 Å². The minimum Gasteiger partial charge on any atom is -0.494 e. The SMILES string of the molecule is CC(C)(C)NCc1nnnn1CCCOc1ccccc1. The van der Waals surface area contributed by atoms with Crippen LogP contribution < -0.4 is 10.1 Å². The highest BCUT2D eigenvalue weighted by Crippen LogP contribution is 2.08. The van der Waals surface area contributed by atoms with Gasteiger partial charge in [0.25, 0.3) is 0 Å². The Hall–Kier alpha value is -1.95. The van der Waals surface area contributed by atoms with E-state index in [0.29, 0.717) is 13.2 Å². The largest absolute Gasteiger partial charge is 0.494 e. The second-order valence-corrected chi connectivity index (χ2v) is 5.94. The van der Waals surface area contributed by atoms with Gasteiger partial charge in [0.05, 0.1) is 13.2 Å². The molecule has 2 rings (SSSR count). The van der Waals surface area contributed by atoms with Crippen LogP contribution in [0, 0.1) is 0 Å². The predicted octanol–water partition coefficient (Wildman–Crippen LogP) is 2.03. The molecule has 0 unspecified atom stereocenters. The van der Waals surface area contributed by atoms with Crippen LogP contribution in [-0.2, 0) is 13.1 Å².